The third-order valence-electron chi connectivity index (χ3n) is 3.07. The van der Waals surface area contributed by atoms with E-state index in [0.29, 0.717) is 5.69 Å². The number of aromatic nitrogens is 2. The maximum atomic E-state index is 13.9. The van der Waals surface area contributed by atoms with Crippen LogP contribution in [0.3, 0.4) is 0 Å². The number of nitrogens with zero attached hydrogens (tertiary/aromatic N) is 2. The van der Waals surface area contributed by atoms with Gasteiger partial charge in [0, 0.05) is 5.56 Å². The van der Waals surface area contributed by atoms with E-state index in [1.807, 2.05) is 37.3 Å². The van der Waals surface area contributed by atoms with E-state index < -0.39 is 0 Å². The Morgan fingerprint density at radius 2 is 1.68 bits per heavy atom. The summed E-state index contributed by atoms with van der Waals surface area (Å²) in [5.74, 6) is -0.278. The van der Waals surface area contributed by atoms with Crippen LogP contribution in [0.1, 0.15) is 5.56 Å². The van der Waals surface area contributed by atoms with Crippen molar-refractivity contribution in [2.45, 2.75) is 6.92 Å². The molecule has 0 bridgehead atoms. The smallest absolute Gasteiger partial charge is 0.148 e. The van der Waals surface area contributed by atoms with Gasteiger partial charge in [-0.15, -0.1) is 0 Å². The quantitative estimate of drug-likeness (QED) is 0.674. The summed E-state index contributed by atoms with van der Waals surface area (Å²) >= 11 is 0. The van der Waals surface area contributed by atoms with E-state index in [1.165, 1.54) is 11.6 Å². The zero-order chi connectivity index (χ0) is 13.2. The zero-order valence-corrected chi connectivity index (χ0v) is 10.5. The Hall–Kier alpha value is -2.42. The summed E-state index contributed by atoms with van der Waals surface area (Å²) in [5, 5.41) is 4.22. The fraction of sp³-hybridized carbons (Fsp3) is 0.0625. The third kappa shape index (κ3) is 2.15. The molecule has 2 nitrogen and oxygen atoms in total. The van der Waals surface area contributed by atoms with Crippen molar-refractivity contribution in [2.24, 2.45) is 0 Å². The average Bonchev–Trinajstić information content (AvgIpc) is 2.89. The molecule has 0 N–H and O–H groups in total. The molecule has 3 heteroatoms. The first-order valence-electron chi connectivity index (χ1n) is 6.12. The monoisotopic (exact) mass is 252 g/mol. The van der Waals surface area contributed by atoms with Gasteiger partial charge >= 0.3 is 0 Å². The van der Waals surface area contributed by atoms with E-state index in [9.17, 15) is 4.39 Å². The maximum Gasteiger partial charge on any atom is 0.148 e. The van der Waals surface area contributed by atoms with Crippen molar-refractivity contribution in [2.75, 3.05) is 0 Å². The van der Waals surface area contributed by atoms with Crippen molar-refractivity contribution >= 4 is 0 Å². The van der Waals surface area contributed by atoms with Crippen LogP contribution in [0.25, 0.3) is 16.9 Å². The maximum absolute atomic E-state index is 13.9. The summed E-state index contributed by atoms with van der Waals surface area (Å²) in [6.45, 7) is 2.04. The highest BCUT2D eigenvalue weighted by Gasteiger charge is 2.10. The molecule has 1 aromatic heterocycles. The fourth-order valence-corrected chi connectivity index (χ4v) is 2.06. The van der Waals surface area contributed by atoms with Gasteiger partial charge in [-0.25, -0.2) is 9.07 Å². The molecule has 0 aliphatic heterocycles. The van der Waals surface area contributed by atoms with Crippen LogP contribution < -0.4 is 0 Å². The Morgan fingerprint density at radius 3 is 2.42 bits per heavy atom. The Labute approximate surface area is 111 Å². The second kappa shape index (κ2) is 4.69. The normalized spacial score (nSPS) is 10.6. The van der Waals surface area contributed by atoms with Crippen LogP contribution in [-0.2, 0) is 0 Å². The number of rotatable bonds is 2. The lowest BCUT2D eigenvalue weighted by atomic mass is 10.1. The highest BCUT2D eigenvalue weighted by molar-refractivity contribution is 5.62. The number of halogens is 1. The molecular formula is C16H13FN2. The van der Waals surface area contributed by atoms with Gasteiger partial charge < -0.3 is 0 Å². The highest BCUT2D eigenvalue weighted by atomic mass is 19.1. The van der Waals surface area contributed by atoms with Crippen LogP contribution in [0, 0.1) is 12.7 Å². The summed E-state index contributed by atoms with van der Waals surface area (Å²) in [5.41, 5.74) is 3.56. The van der Waals surface area contributed by atoms with Crippen LogP contribution in [0.4, 0.5) is 4.39 Å². The molecule has 94 valence electrons. The average molecular weight is 252 g/mol. The summed E-state index contributed by atoms with van der Waals surface area (Å²) in [6.07, 6.45) is 1.68. The van der Waals surface area contributed by atoms with Gasteiger partial charge in [0.15, 0.2) is 0 Å². The van der Waals surface area contributed by atoms with Crippen molar-refractivity contribution in [1.29, 1.82) is 0 Å². The molecule has 0 fully saturated rings. The molecule has 0 aliphatic rings. The first-order chi connectivity index (χ1) is 9.25. The molecular weight excluding hydrogens is 239 g/mol. The van der Waals surface area contributed by atoms with Gasteiger partial charge in [0.25, 0.3) is 0 Å². The third-order valence-corrected chi connectivity index (χ3v) is 3.07. The van der Waals surface area contributed by atoms with Gasteiger partial charge in [0.2, 0.25) is 0 Å². The van der Waals surface area contributed by atoms with Gasteiger partial charge in [0.05, 0.1) is 11.9 Å². The minimum absolute atomic E-state index is 0.278. The number of aryl methyl sites for hydroxylation is 1. The lowest BCUT2D eigenvalue weighted by molar-refractivity contribution is 0.611. The first kappa shape index (κ1) is 11.7. The molecule has 0 unspecified atom stereocenters. The fourth-order valence-electron chi connectivity index (χ4n) is 2.06. The van der Waals surface area contributed by atoms with Crippen molar-refractivity contribution < 1.29 is 4.39 Å². The second-order valence-electron chi connectivity index (χ2n) is 4.45. The summed E-state index contributed by atoms with van der Waals surface area (Å²) in [6, 6.07) is 16.6. The van der Waals surface area contributed by atoms with Crippen LogP contribution in [0.5, 0.6) is 0 Å². The molecule has 0 saturated carbocycles. The SMILES string of the molecule is Cc1ccc(-c2ccnn2-c2ccccc2F)cc1. The van der Waals surface area contributed by atoms with E-state index in [4.69, 9.17) is 0 Å². The molecule has 19 heavy (non-hydrogen) atoms. The van der Waals surface area contributed by atoms with E-state index in [2.05, 4.69) is 5.10 Å². The lowest BCUT2D eigenvalue weighted by Crippen LogP contribution is -2.01. The minimum atomic E-state index is -0.278. The minimum Gasteiger partial charge on any atom is -0.230 e. The summed E-state index contributed by atoms with van der Waals surface area (Å²) < 4.78 is 15.5. The van der Waals surface area contributed by atoms with Crippen LogP contribution in [0.15, 0.2) is 60.8 Å². The molecule has 1 heterocycles. The van der Waals surface area contributed by atoms with Gasteiger partial charge in [-0.2, -0.15) is 5.10 Å². The molecule has 0 aliphatic carbocycles. The standard InChI is InChI=1S/C16H13FN2/c1-12-6-8-13(9-7-12)15-10-11-18-19(15)16-5-3-2-4-14(16)17/h2-11H,1H3. The van der Waals surface area contributed by atoms with Gasteiger partial charge in [-0.05, 0) is 25.1 Å². The van der Waals surface area contributed by atoms with Crippen molar-refractivity contribution in [1.82, 2.24) is 9.78 Å². The molecule has 3 rings (SSSR count). The molecule has 0 atom stereocenters. The predicted molar refractivity (Wildman–Crippen MR) is 73.7 cm³/mol. The van der Waals surface area contributed by atoms with E-state index in [0.717, 1.165) is 11.3 Å². The Morgan fingerprint density at radius 1 is 0.947 bits per heavy atom. The topological polar surface area (TPSA) is 17.8 Å². The van der Waals surface area contributed by atoms with Gasteiger partial charge in [0.1, 0.15) is 11.5 Å². The Kier molecular flexibility index (Phi) is 2.88. The predicted octanol–water partition coefficient (Wildman–Crippen LogP) is 3.99. The van der Waals surface area contributed by atoms with Crippen LogP contribution >= 0.6 is 0 Å². The second-order valence-corrected chi connectivity index (χ2v) is 4.45. The molecule has 0 radical (unpaired) electrons. The number of benzene rings is 2. The van der Waals surface area contributed by atoms with E-state index in [-0.39, 0.29) is 5.82 Å². The largest absolute Gasteiger partial charge is 0.230 e. The Balaban J connectivity index is 2.13. The van der Waals surface area contributed by atoms with Crippen LogP contribution in [-0.4, -0.2) is 9.78 Å². The number of para-hydroxylation sites is 1. The Bertz CT molecular complexity index is 699. The van der Waals surface area contributed by atoms with Crippen molar-refractivity contribution in [3.8, 4) is 16.9 Å². The molecule has 0 spiro atoms. The highest BCUT2D eigenvalue weighted by Crippen LogP contribution is 2.23. The molecule has 0 saturated heterocycles. The first-order valence-corrected chi connectivity index (χ1v) is 6.12. The number of hydrogen-bond donors (Lipinski definition) is 0. The summed E-state index contributed by atoms with van der Waals surface area (Å²) in [7, 11) is 0. The lowest BCUT2D eigenvalue weighted by Gasteiger charge is -2.08. The van der Waals surface area contributed by atoms with Crippen LogP contribution in [0.2, 0.25) is 0 Å². The molecule has 2 aromatic carbocycles. The summed E-state index contributed by atoms with van der Waals surface area (Å²) in [4.78, 5) is 0. The zero-order valence-electron chi connectivity index (χ0n) is 10.5. The van der Waals surface area contributed by atoms with Crippen molar-refractivity contribution in [3.63, 3.8) is 0 Å². The number of hydrogen-bond acceptors (Lipinski definition) is 1. The van der Waals surface area contributed by atoms with Gasteiger partial charge in [-0.3, -0.25) is 0 Å². The van der Waals surface area contributed by atoms with E-state index in [1.54, 1.807) is 29.1 Å². The molecule has 0 amide bonds. The van der Waals surface area contributed by atoms with Gasteiger partial charge in [-0.1, -0.05) is 42.0 Å². The van der Waals surface area contributed by atoms with E-state index >= 15 is 0 Å². The van der Waals surface area contributed by atoms with Crippen molar-refractivity contribution in [3.05, 3.63) is 72.2 Å². The molecule has 3 aromatic rings.